The minimum absolute atomic E-state index is 0.0761. The molecule has 4 rings (SSSR count). The van der Waals surface area contributed by atoms with Crippen molar-refractivity contribution in [3.05, 3.63) is 68.6 Å². The number of non-ortho nitro benzene ring substituents is 1. The maximum atomic E-state index is 13.5. The van der Waals surface area contributed by atoms with E-state index in [9.17, 15) is 28.1 Å². The summed E-state index contributed by atoms with van der Waals surface area (Å²) in [6.45, 7) is 0.606. The Bertz CT molecular complexity index is 1130. The van der Waals surface area contributed by atoms with Crippen molar-refractivity contribution in [2.45, 2.75) is 25.1 Å². The Balaban J connectivity index is 1.61. The number of fused-ring (bicyclic) bond motifs is 1. The summed E-state index contributed by atoms with van der Waals surface area (Å²) in [7, 11) is 0. The van der Waals surface area contributed by atoms with Gasteiger partial charge in [0.1, 0.15) is 0 Å². The Morgan fingerprint density at radius 1 is 1.10 bits per heavy atom. The first-order valence-electron chi connectivity index (χ1n) is 9.05. The number of halogens is 3. The van der Waals surface area contributed by atoms with Gasteiger partial charge in [-0.3, -0.25) is 14.7 Å². The van der Waals surface area contributed by atoms with Crippen molar-refractivity contribution in [1.29, 1.82) is 0 Å². The number of nitro benzene ring substituents is 1. The Kier molecular flexibility index (Phi) is 4.56. The van der Waals surface area contributed by atoms with Crippen molar-refractivity contribution in [1.82, 2.24) is 9.55 Å². The van der Waals surface area contributed by atoms with Gasteiger partial charge in [-0.15, -0.1) is 0 Å². The number of hydrogen-bond donors (Lipinski definition) is 1. The standard InChI is InChI=1S/C19H17F3N4O3/c20-19(21,22)14-11-13(26(28)29)5-6-16(14)24-9-7-12(8-10-24)25-17-4-2-1-3-15(17)23-18(25)27/h1-6,11-12H,7-10H2,(H,23,27). The Morgan fingerprint density at radius 2 is 1.79 bits per heavy atom. The Morgan fingerprint density at radius 3 is 2.45 bits per heavy atom. The van der Waals surface area contributed by atoms with Crippen molar-refractivity contribution in [2.75, 3.05) is 18.0 Å². The molecule has 0 saturated carbocycles. The number of anilines is 1. The van der Waals surface area contributed by atoms with E-state index >= 15 is 0 Å². The van der Waals surface area contributed by atoms with Gasteiger partial charge in [0.15, 0.2) is 0 Å². The van der Waals surface area contributed by atoms with Gasteiger partial charge in [0.05, 0.1) is 21.5 Å². The second-order valence-corrected chi connectivity index (χ2v) is 6.99. The average molecular weight is 406 g/mol. The van der Waals surface area contributed by atoms with Gasteiger partial charge < -0.3 is 9.88 Å². The highest BCUT2D eigenvalue weighted by Crippen LogP contribution is 2.40. The van der Waals surface area contributed by atoms with E-state index in [0.29, 0.717) is 32.0 Å². The van der Waals surface area contributed by atoms with Gasteiger partial charge in [0.2, 0.25) is 0 Å². The van der Waals surface area contributed by atoms with Gasteiger partial charge in [-0.1, -0.05) is 12.1 Å². The number of nitro groups is 1. The van der Waals surface area contributed by atoms with Crippen LogP contribution in [-0.2, 0) is 6.18 Å². The monoisotopic (exact) mass is 406 g/mol. The zero-order chi connectivity index (χ0) is 20.8. The third kappa shape index (κ3) is 3.45. The minimum atomic E-state index is -4.70. The van der Waals surface area contributed by atoms with E-state index in [1.165, 1.54) is 0 Å². The molecule has 0 amide bonds. The number of imidazole rings is 1. The van der Waals surface area contributed by atoms with E-state index in [4.69, 9.17) is 0 Å². The lowest BCUT2D eigenvalue weighted by Gasteiger charge is -2.35. The van der Waals surface area contributed by atoms with E-state index in [1.54, 1.807) is 15.5 Å². The average Bonchev–Trinajstić information content (AvgIpc) is 3.02. The molecule has 1 N–H and O–H groups in total. The molecule has 1 saturated heterocycles. The third-order valence-corrected chi connectivity index (χ3v) is 5.29. The highest BCUT2D eigenvalue weighted by atomic mass is 19.4. The zero-order valence-corrected chi connectivity index (χ0v) is 15.1. The largest absolute Gasteiger partial charge is 0.418 e. The second-order valence-electron chi connectivity index (χ2n) is 6.99. The summed E-state index contributed by atoms with van der Waals surface area (Å²) < 4.78 is 42.1. The number of aromatic amines is 1. The maximum Gasteiger partial charge on any atom is 0.418 e. The van der Waals surface area contributed by atoms with Gasteiger partial charge in [-0.25, -0.2) is 4.79 Å². The predicted octanol–water partition coefficient (Wildman–Crippen LogP) is 4.10. The normalized spacial score (nSPS) is 15.8. The molecule has 0 unspecified atom stereocenters. The molecule has 2 aromatic carbocycles. The molecule has 0 atom stereocenters. The molecular formula is C19H17F3N4O3. The minimum Gasteiger partial charge on any atom is -0.371 e. The molecule has 10 heteroatoms. The molecule has 152 valence electrons. The van der Waals surface area contributed by atoms with Crippen LogP contribution in [0.15, 0.2) is 47.3 Å². The van der Waals surface area contributed by atoms with Crippen LogP contribution in [0.25, 0.3) is 11.0 Å². The van der Waals surface area contributed by atoms with Crippen LogP contribution in [0.4, 0.5) is 24.5 Å². The van der Waals surface area contributed by atoms with Gasteiger partial charge in [0.25, 0.3) is 5.69 Å². The molecular weight excluding hydrogens is 389 g/mol. The molecule has 29 heavy (non-hydrogen) atoms. The number of nitrogens with zero attached hydrogens (tertiary/aromatic N) is 3. The zero-order valence-electron chi connectivity index (χ0n) is 15.1. The lowest BCUT2D eigenvalue weighted by atomic mass is 10.0. The number of alkyl halides is 3. The Hall–Kier alpha value is -3.30. The van der Waals surface area contributed by atoms with Crippen LogP contribution in [0.5, 0.6) is 0 Å². The molecule has 0 aliphatic carbocycles. The summed E-state index contributed by atoms with van der Waals surface area (Å²) in [6.07, 6.45) is -3.74. The quantitative estimate of drug-likeness (QED) is 0.524. The topological polar surface area (TPSA) is 84.2 Å². The molecule has 1 aromatic heterocycles. The number of piperidine rings is 1. The van der Waals surface area contributed by atoms with E-state index < -0.39 is 22.4 Å². The summed E-state index contributed by atoms with van der Waals surface area (Å²) in [5.41, 5.74) is -0.448. The molecule has 1 aliphatic heterocycles. The first-order chi connectivity index (χ1) is 13.8. The number of benzene rings is 2. The number of para-hydroxylation sites is 2. The van der Waals surface area contributed by atoms with Crippen molar-refractivity contribution in [2.24, 2.45) is 0 Å². The van der Waals surface area contributed by atoms with Crippen LogP contribution >= 0.6 is 0 Å². The maximum absolute atomic E-state index is 13.5. The fraction of sp³-hybridized carbons (Fsp3) is 0.316. The van der Waals surface area contributed by atoms with Gasteiger partial charge in [0, 0.05) is 37.0 Å². The Labute approximate surface area is 162 Å². The fourth-order valence-corrected chi connectivity index (χ4v) is 3.94. The first kappa shape index (κ1) is 19.0. The van der Waals surface area contributed by atoms with Crippen LogP contribution < -0.4 is 10.6 Å². The van der Waals surface area contributed by atoms with Crippen molar-refractivity contribution >= 4 is 22.4 Å². The van der Waals surface area contributed by atoms with Gasteiger partial charge in [-0.05, 0) is 31.0 Å². The lowest BCUT2D eigenvalue weighted by molar-refractivity contribution is -0.385. The molecule has 0 spiro atoms. The molecule has 0 radical (unpaired) electrons. The summed E-state index contributed by atoms with van der Waals surface area (Å²) in [6, 6.07) is 9.95. The van der Waals surface area contributed by atoms with Crippen molar-refractivity contribution < 1.29 is 18.1 Å². The van der Waals surface area contributed by atoms with Crippen LogP contribution in [-0.4, -0.2) is 27.6 Å². The van der Waals surface area contributed by atoms with Crippen LogP contribution in [0.2, 0.25) is 0 Å². The molecule has 3 aromatic rings. The lowest BCUT2D eigenvalue weighted by Crippen LogP contribution is -2.37. The summed E-state index contributed by atoms with van der Waals surface area (Å²) in [5, 5.41) is 10.9. The molecule has 2 heterocycles. The molecule has 1 fully saturated rings. The van der Waals surface area contributed by atoms with Gasteiger partial charge >= 0.3 is 11.9 Å². The van der Waals surface area contributed by atoms with E-state index in [-0.39, 0.29) is 17.4 Å². The van der Waals surface area contributed by atoms with Gasteiger partial charge in [-0.2, -0.15) is 13.2 Å². The second kappa shape index (κ2) is 6.94. The van der Waals surface area contributed by atoms with Crippen LogP contribution in [0.1, 0.15) is 24.4 Å². The van der Waals surface area contributed by atoms with E-state index in [0.717, 1.165) is 23.2 Å². The highest BCUT2D eigenvalue weighted by molar-refractivity contribution is 5.75. The summed E-state index contributed by atoms with van der Waals surface area (Å²) >= 11 is 0. The highest BCUT2D eigenvalue weighted by Gasteiger charge is 2.37. The number of rotatable bonds is 3. The van der Waals surface area contributed by atoms with Crippen molar-refractivity contribution in [3.63, 3.8) is 0 Å². The number of hydrogen-bond acceptors (Lipinski definition) is 4. The first-order valence-corrected chi connectivity index (χ1v) is 9.05. The fourth-order valence-electron chi connectivity index (χ4n) is 3.94. The molecule has 1 aliphatic rings. The molecule has 0 bridgehead atoms. The van der Waals surface area contributed by atoms with Crippen LogP contribution in [0, 0.1) is 10.1 Å². The predicted molar refractivity (Wildman–Crippen MR) is 101 cm³/mol. The van der Waals surface area contributed by atoms with E-state index in [2.05, 4.69) is 4.98 Å². The number of nitrogens with one attached hydrogen (secondary N) is 1. The number of aromatic nitrogens is 2. The summed E-state index contributed by atoms with van der Waals surface area (Å²) in [5.74, 6) is 0. The van der Waals surface area contributed by atoms with Crippen LogP contribution in [0.3, 0.4) is 0 Å². The smallest absolute Gasteiger partial charge is 0.371 e. The van der Waals surface area contributed by atoms with Crippen molar-refractivity contribution in [3.8, 4) is 0 Å². The third-order valence-electron chi connectivity index (χ3n) is 5.29. The summed E-state index contributed by atoms with van der Waals surface area (Å²) in [4.78, 5) is 26.8. The van der Waals surface area contributed by atoms with E-state index in [1.807, 2.05) is 18.2 Å². The number of H-pyrrole nitrogens is 1. The molecule has 7 nitrogen and oxygen atoms in total. The SMILES string of the molecule is O=c1[nH]c2ccccc2n1C1CCN(c2ccc([N+](=O)[O-])cc2C(F)(F)F)CC1.